The maximum absolute atomic E-state index is 5.90. The second-order valence-corrected chi connectivity index (χ2v) is 19.6. The van der Waals surface area contributed by atoms with Gasteiger partial charge in [0.05, 0.1) is 11.9 Å². The van der Waals surface area contributed by atoms with Crippen LogP contribution in [0.4, 0.5) is 5.69 Å². The molecule has 3 heterocycles. The Balaban J connectivity index is 0.00000560. The molecule has 0 bridgehead atoms. The fourth-order valence-electron chi connectivity index (χ4n) is 9.57. The number of aromatic nitrogens is 2. The molecule has 0 amide bonds. The van der Waals surface area contributed by atoms with E-state index in [1.54, 1.807) is 0 Å². The van der Waals surface area contributed by atoms with Crippen LogP contribution in [0.25, 0.3) is 38.8 Å². The molecule has 0 saturated carbocycles. The van der Waals surface area contributed by atoms with Crippen molar-refractivity contribution < 1.29 is 21.1 Å². The van der Waals surface area contributed by atoms with Gasteiger partial charge in [-0.25, -0.2) is 0 Å². The Morgan fingerprint density at radius 3 is 1.89 bits per heavy atom. The summed E-state index contributed by atoms with van der Waals surface area (Å²) in [5, 5.41) is 2.37. The Hall–Kier alpha value is -5.57. The van der Waals surface area contributed by atoms with Crippen molar-refractivity contribution in [2.45, 2.75) is 104 Å². The van der Waals surface area contributed by atoms with Gasteiger partial charge in [-0.3, -0.25) is 0 Å². The molecule has 5 heteroatoms. The molecule has 0 saturated heterocycles. The average molecular weight is 1020 g/mol. The normalized spacial score (nSPS) is 14.4. The van der Waals surface area contributed by atoms with Gasteiger partial charge in [0.25, 0.3) is 0 Å². The zero-order valence-corrected chi connectivity index (χ0v) is 41.3. The molecule has 8 aromatic rings. The van der Waals surface area contributed by atoms with Crippen LogP contribution < -0.4 is 4.90 Å². The Bertz CT molecular complexity index is 2900. The quantitative estimate of drug-likeness (QED) is 0.128. The van der Waals surface area contributed by atoms with Gasteiger partial charge in [-0.05, 0) is 92.3 Å². The number of benzene rings is 6. The summed E-state index contributed by atoms with van der Waals surface area (Å²) in [4.78, 5) is 13.3. The predicted molar refractivity (Wildman–Crippen MR) is 266 cm³/mol. The molecule has 4 nitrogen and oxygen atoms in total. The van der Waals surface area contributed by atoms with Crippen LogP contribution in [0.5, 0.6) is 0 Å². The first-order valence-electron chi connectivity index (χ1n) is 22.9. The molecule has 1 aliphatic heterocycles. The van der Waals surface area contributed by atoms with Gasteiger partial charge in [0.1, 0.15) is 0 Å². The number of rotatable bonds is 10. The number of anilines is 1. The number of para-hydroxylation sites is 1. The molecule has 0 unspecified atom stereocenters. The van der Waals surface area contributed by atoms with E-state index >= 15 is 0 Å². The van der Waals surface area contributed by atoms with Crippen molar-refractivity contribution >= 4 is 33.3 Å². The Morgan fingerprint density at radius 1 is 0.625 bits per heavy atom. The number of amidine groups is 1. The van der Waals surface area contributed by atoms with E-state index < -0.39 is 0 Å². The molecule has 0 radical (unpaired) electrons. The Kier molecular flexibility index (Phi) is 12.8. The average Bonchev–Trinajstić information content (AvgIpc) is 3.85. The van der Waals surface area contributed by atoms with E-state index in [9.17, 15) is 0 Å². The summed E-state index contributed by atoms with van der Waals surface area (Å²) in [7, 11) is 0. The largest absolute Gasteiger partial charge is 2.00 e. The van der Waals surface area contributed by atoms with E-state index in [1.165, 1.54) is 50.0 Å². The zero-order chi connectivity index (χ0) is 44.2. The molecule has 6 aromatic carbocycles. The number of hydrogen-bond acceptors (Lipinski definition) is 3. The molecule has 1 atom stereocenters. The summed E-state index contributed by atoms with van der Waals surface area (Å²) in [5.41, 5.74) is 16.3. The predicted octanol–water partition coefficient (Wildman–Crippen LogP) is 14.9. The summed E-state index contributed by atoms with van der Waals surface area (Å²) in [5.74, 6) is 1.94. The van der Waals surface area contributed by atoms with E-state index in [4.69, 9.17) is 9.98 Å². The summed E-state index contributed by atoms with van der Waals surface area (Å²) in [6.45, 7) is 23.5. The fraction of sp³-hybridized carbons (Fsp3) is 0.288. The smallest absolute Gasteiger partial charge is 0.363 e. The van der Waals surface area contributed by atoms with Gasteiger partial charge < -0.3 is 19.4 Å². The SMILES string of the molecule is Cc1ccc2c(c1)c1ccc(-c3cc(C(C)(C)C)ccn3)[c-]c1n2-c1[c-]c(C2=N[C@H](C(c3ccccc3)c3ccccc3)CN2c2c(C(C)C)cccc2C(C)C)cc(C(C)C)c1.[Pt+2]. The molecule has 2 aromatic heterocycles. The third kappa shape index (κ3) is 8.55. The minimum atomic E-state index is -0.0481. The summed E-state index contributed by atoms with van der Waals surface area (Å²) < 4.78 is 2.38. The summed E-state index contributed by atoms with van der Waals surface area (Å²) in [6.07, 6.45) is 1.93. The van der Waals surface area contributed by atoms with Gasteiger partial charge in [-0.2, -0.15) is 0 Å². The minimum absolute atomic E-state index is 0. The monoisotopic (exact) mass is 1020 g/mol. The van der Waals surface area contributed by atoms with Crippen LogP contribution in [0.15, 0.2) is 145 Å². The van der Waals surface area contributed by atoms with Crippen LogP contribution >= 0.6 is 0 Å². The summed E-state index contributed by atoms with van der Waals surface area (Å²) in [6, 6.07) is 57.0. The van der Waals surface area contributed by atoms with E-state index in [0.29, 0.717) is 11.8 Å². The first-order chi connectivity index (χ1) is 30.3. The molecule has 0 aliphatic carbocycles. The van der Waals surface area contributed by atoms with Crippen LogP contribution in [0.3, 0.4) is 0 Å². The van der Waals surface area contributed by atoms with Crippen molar-refractivity contribution in [3.8, 4) is 16.9 Å². The molecule has 9 rings (SSSR count). The third-order valence-corrected chi connectivity index (χ3v) is 13.0. The van der Waals surface area contributed by atoms with E-state index in [0.717, 1.165) is 51.3 Å². The third-order valence-electron chi connectivity index (χ3n) is 13.0. The number of nitrogens with zero attached hydrogens (tertiary/aromatic N) is 4. The zero-order valence-electron chi connectivity index (χ0n) is 39.0. The Labute approximate surface area is 395 Å². The summed E-state index contributed by atoms with van der Waals surface area (Å²) >= 11 is 0. The van der Waals surface area contributed by atoms with Crippen LogP contribution in [0.2, 0.25) is 0 Å². The number of hydrogen-bond donors (Lipinski definition) is 0. The molecule has 64 heavy (non-hydrogen) atoms. The first kappa shape index (κ1) is 45.0. The second-order valence-electron chi connectivity index (χ2n) is 19.6. The molecule has 1 aliphatic rings. The van der Waals surface area contributed by atoms with Crippen molar-refractivity contribution in [1.82, 2.24) is 9.55 Å². The van der Waals surface area contributed by atoms with E-state index in [1.807, 2.05) is 6.20 Å². The maximum atomic E-state index is 5.90. The van der Waals surface area contributed by atoms with Gasteiger partial charge in [-0.1, -0.05) is 170 Å². The van der Waals surface area contributed by atoms with Crippen molar-refractivity contribution in [2.24, 2.45) is 4.99 Å². The molecule has 0 spiro atoms. The van der Waals surface area contributed by atoms with E-state index in [2.05, 4.69) is 224 Å². The van der Waals surface area contributed by atoms with Gasteiger partial charge >= 0.3 is 21.1 Å². The number of aliphatic imine (C=N–C) groups is 1. The van der Waals surface area contributed by atoms with Gasteiger partial charge in [0.15, 0.2) is 0 Å². The maximum Gasteiger partial charge on any atom is 2.00 e. The van der Waals surface area contributed by atoms with E-state index in [-0.39, 0.29) is 44.4 Å². The van der Waals surface area contributed by atoms with Crippen LogP contribution in [0, 0.1) is 19.1 Å². The number of fused-ring (bicyclic) bond motifs is 3. The minimum Gasteiger partial charge on any atom is -0.363 e. The molecular weight excluding hydrogens is 960 g/mol. The number of aryl methyl sites for hydroxylation is 1. The van der Waals surface area contributed by atoms with Crippen LogP contribution in [0.1, 0.15) is 130 Å². The standard InChI is InChI=1S/C59H60N4.Pt/c1-37(2)44-31-45(33-47(32-44)63-54-27-24-40(7)30-51(54)50-26-25-43(34-55(50)63)52-35-46(28-29-60-52)59(8,9)10)58-61-53(56(41-18-13-11-14-19-41)42-20-15-12-16-21-42)36-62(58)57-48(38(3)4)22-17-23-49(57)39(5)6;/h11-32,35,37-39,53,56H,36H2,1-10H3;/q-2;+2/t53-;/m0./s1. The van der Waals surface area contributed by atoms with Crippen molar-refractivity contribution in [1.29, 1.82) is 0 Å². The molecular formula is C59H60N4Pt. The van der Waals surface area contributed by atoms with Gasteiger partial charge in [-0.15, -0.1) is 53.1 Å². The Morgan fingerprint density at radius 2 is 1.28 bits per heavy atom. The van der Waals surface area contributed by atoms with Crippen molar-refractivity contribution in [2.75, 3.05) is 11.4 Å². The number of pyridine rings is 1. The molecule has 326 valence electrons. The molecule has 0 fully saturated rings. The fourth-order valence-corrected chi connectivity index (χ4v) is 9.57. The second kappa shape index (κ2) is 18.1. The van der Waals surface area contributed by atoms with Crippen LogP contribution in [-0.2, 0) is 26.5 Å². The first-order valence-corrected chi connectivity index (χ1v) is 22.9. The van der Waals surface area contributed by atoms with Crippen molar-refractivity contribution in [3.63, 3.8) is 0 Å². The topological polar surface area (TPSA) is 33.4 Å². The van der Waals surface area contributed by atoms with Crippen molar-refractivity contribution in [3.05, 3.63) is 196 Å². The van der Waals surface area contributed by atoms with Crippen LogP contribution in [-0.4, -0.2) is 28.0 Å². The van der Waals surface area contributed by atoms with Gasteiger partial charge in [0, 0.05) is 29.9 Å². The molecule has 0 N–H and O–H groups in total. The van der Waals surface area contributed by atoms with Gasteiger partial charge in [0.2, 0.25) is 0 Å².